The maximum atomic E-state index is 5.95. The standard InChI is InChI=1S/C16H27N5O.HI/c1-3-20-10-12-21(13-11-20)9-8-18-16(17)19-14-6-4-5-7-15(14)22-2;/h4-7H,3,8-13H2,1-2H3,(H3,17,18,19);1H. The Morgan fingerprint density at radius 3 is 2.52 bits per heavy atom. The van der Waals surface area contributed by atoms with E-state index < -0.39 is 0 Å². The van der Waals surface area contributed by atoms with E-state index in [9.17, 15) is 0 Å². The van der Waals surface area contributed by atoms with E-state index in [1.54, 1.807) is 7.11 Å². The van der Waals surface area contributed by atoms with Crippen LogP contribution in [0, 0.1) is 0 Å². The fourth-order valence-electron chi connectivity index (χ4n) is 2.57. The number of hydrogen-bond acceptors (Lipinski definition) is 4. The zero-order valence-electron chi connectivity index (χ0n) is 14.0. The van der Waals surface area contributed by atoms with Crippen LogP contribution in [0.15, 0.2) is 29.3 Å². The van der Waals surface area contributed by atoms with Gasteiger partial charge >= 0.3 is 0 Å². The Hall–Kier alpha value is -1.06. The lowest BCUT2D eigenvalue weighted by Crippen LogP contribution is -2.46. The highest BCUT2D eigenvalue weighted by Gasteiger charge is 2.14. The molecule has 0 amide bonds. The second-order valence-corrected chi connectivity index (χ2v) is 5.37. The average molecular weight is 433 g/mol. The molecule has 6 nitrogen and oxygen atoms in total. The van der Waals surface area contributed by atoms with E-state index in [4.69, 9.17) is 10.5 Å². The van der Waals surface area contributed by atoms with Crippen LogP contribution in [0.25, 0.3) is 0 Å². The maximum Gasteiger partial charge on any atom is 0.193 e. The lowest BCUT2D eigenvalue weighted by Gasteiger charge is -2.33. The highest BCUT2D eigenvalue weighted by molar-refractivity contribution is 14.0. The van der Waals surface area contributed by atoms with Gasteiger partial charge in [0.05, 0.1) is 19.3 Å². The first-order valence-corrected chi connectivity index (χ1v) is 7.87. The van der Waals surface area contributed by atoms with Gasteiger partial charge in [-0.05, 0) is 18.7 Å². The van der Waals surface area contributed by atoms with Crippen LogP contribution in [-0.2, 0) is 0 Å². The number of halogens is 1. The Morgan fingerprint density at radius 1 is 1.22 bits per heavy atom. The molecule has 0 aliphatic carbocycles. The van der Waals surface area contributed by atoms with E-state index >= 15 is 0 Å². The number of hydrogen-bond donors (Lipinski definition) is 2. The third-order valence-corrected chi connectivity index (χ3v) is 3.98. The Labute approximate surface area is 156 Å². The molecule has 0 bridgehead atoms. The number of piperazine rings is 1. The third-order valence-electron chi connectivity index (χ3n) is 3.98. The summed E-state index contributed by atoms with van der Waals surface area (Å²) in [6, 6.07) is 7.67. The summed E-state index contributed by atoms with van der Waals surface area (Å²) in [7, 11) is 1.64. The number of likely N-dealkylation sites (N-methyl/N-ethyl adjacent to an activating group) is 1. The summed E-state index contributed by atoms with van der Waals surface area (Å²) < 4.78 is 5.28. The first-order chi connectivity index (χ1) is 10.7. The quantitative estimate of drug-likeness (QED) is 0.406. The normalized spacial score (nSPS) is 16.7. The van der Waals surface area contributed by atoms with E-state index in [2.05, 4.69) is 27.0 Å². The molecule has 1 aromatic rings. The topological polar surface area (TPSA) is 66.1 Å². The molecular formula is C16H28IN5O. The van der Waals surface area contributed by atoms with Crippen molar-refractivity contribution < 1.29 is 4.74 Å². The van der Waals surface area contributed by atoms with Crippen molar-refractivity contribution in [2.75, 3.05) is 58.2 Å². The van der Waals surface area contributed by atoms with E-state index in [1.807, 2.05) is 24.3 Å². The summed E-state index contributed by atoms with van der Waals surface area (Å²) in [6.07, 6.45) is 0. The second-order valence-electron chi connectivity index (χ2n) is 5.37. The van der Waals surface area contributed by atoms with Gasteiger partial charge in [-0.15, -0.1) is 24.0 Å². The van der Waals surface area contributed by atoms with Gasteiger partial charge in [0.15, 0.2) is 5.96 Å². The number of para-hydroxylation sites is 2. The number of nitrogens with two attached hydrogens (primary N) is 1. The molecule has 1 fully saturated rings. The molecule has 0 saturated carbocycles. The molecule has 3 N–H and O–H groups in total. The number of guanidine groups is 1. The molecule has 1 aliphatic rings. The zero-order valence-corrected chi connectivity index (χ0v) is 16.3. The summed E-state index contributed by atoms with van der Waals surface area (Å²) in [5, 5.41) is 3.09. The number of benzene rings is 1. The number of anilines is 1. The van der Waals surface area contributed by atoms with E-state index in [1.165, 1.54) is 0 Å². The second kappa shape index (κ2) is 10.7. The molecule has 130 valence electrons. The van der Waals surface area contributed by atoms with Gasteiger partial charge in [0.25, 0.3) is 0 Å². The maximum absolute atomic E-state index is 5.95. The summed E-state index contributed by atoms with van der Waals surface area (Å²) in [5.41, 5.74) is 6.78. The molecule has 1 aliphatic heterocycles. The van der Waals surface area contributed by atoms with Crippen molar-refractivity contribution in [2.45, 2.75) is 6.92 Å². The van der Waals surface area contributed by atoms with Crippen LogP contribution in [-0.4, -0.2) is 68.7 Å². The lowest BCUT2D eigenvalue weighted by atomic mass is 10.3. The monoisotopic (exact) mass is 433 g/mol. The molecule has 1 heterocycles. The van der Waals surface area contributed by atoms with Gasteiger partial charge < -0.3 is 20.7 Å². The lowest BCUT2D eigenvalue weighted by molar-refractivity contribution is 0.140. The van der Waals surface area contributed by atoms with Crippen LogP contribution in [0.5, 0.6) is 5.75 Å². The molecule has 0 aromatic heterocycles. The van der Waals surface area contributed by atoms with Gasteiger partial charge in [-0.3, -0.25) is 9.89 Å². The summed E-state index contributed by atoms with van der Waals surface area (Å²) >= 11 is 0. The molecule has 2 rings (SSSR count). The Morgan fingerprint density at radius 2 is 1.87 bits per heavy atom. The molecule has 1 aromatic carbocycles. The minimum Gasteiger partial charge on any atom is -0.495 e. The highest BCUT2D eigenvalue weighted by Crippen LogP contribution is 2.22. The van der Waals surface area contributed by atoms with E-state index in [-0.39, 0.29) is 24.0 Å². The van der Waals surface area contributed by atoms with Gasteiger partial charge in [0.2, 0.25) is 0 Å². The highest BCUT2D eigenvalue weighted by atomic mass is 127. The minimum absolute atomic E-state index is 0. The van der Waals surface area contributed by atoms with Crippen LogP contribution in [0.2, 0.25) is 0 Å². The van der Waals surface area contributed by atoms with E-state index in [0.29, 0.717) is 12.5 Å². The zero-order chi connectivity index (χ0) is 15.8. The smallest absolute Gasteiger partial charge is 0.193 e. The Bertz CT molecular complexity index is 489. The molecule has 0 unspecified atom stereocenters. The van der Waals surface area contributed by atoms with Crippen molar-refractivity contribution in [1.29, 1.82) is 0 Å². The summed E-state index contributed by atoms with van der Waals surface area (Å²) in [4.78, 5) is 9.31. The van der Waals surface area contributed by atoms with Crippen LogP contribution < -0.4 is 15.8 Å². The molecule has 0 spiro atoms. The van der Waals surface area contributed by atoms with E-state index in [0.717, 1.165) is 50.7 Å². The third kappa shape index (κ3) is 6.52. The average Bonchev–Trinajstić information content (AvgIpc) is 2.56. The van der Waals surface area contributed by atoms with Gasteiger partial charge in [-0.2, -0.15) is 0 Å². The summed E-state index contributed by atoms with van der Waals surface area (Å²) in [6.45, 7) is 9.54. The largest absolute Gasteiger partial charge is 0.495 e. The summed E-state index contributed by atoms with van der Waals surface area (Å²) in [5.74, 6) is 1.19. The molecule has 1 saturated heterocycles. The number of ether oxygens (including phenoxy) is 1. The SMILES string of the molecule is CCN1CCN(CCN=C(N)Nc2ccccc2OC)CC1.I. The predicted octanol–water partition coefficient (Wildman–Crippen LogP) is 1.68. The van der Waals surface area contributed by atoms with Gasteiger partial charge in [-0.1, -0.05) is 19.1 Å². The first kappa shape index (κ1) is 20.0. The molecule has 0 atom stereocenters. The molecule has 0 radical (unpaired) electrons. The molecule has 23 heavy (non-hydrogen) atoms. The number of rotatable bonds is 6. The fraction of sp³-hybridized carbons (Fsp3) is 0.562. The Balaban J connectivity index is 0.00000264. The first-order valence-electron chi connectivity index (χ1n) is 7.87. The fourth-order valence-corrected chi connectivity index (χ4v) is 2.57. The van der Waals surface area contributed by atoms with Crippen LogP contribution in [0.1, 0.15) is 6.92 Å². The van der Waals surface area contributed by atoms with Crippen LogP contribution >= 0.6 is 24.0 Å². The van der Waals surface area contributed by atoms with Crippen molar-refractivity contribution in [3.8, 4) is 5.75 Å². The van der Waals surface area contributed by atoms with Crippen LogP contribution in [0.3, 0.4) is 0 Å². The Kier molecular flexibility index (Phi) is 9.27. The van der Waals surface area contributed by atoms with Crippen molar-refractivity contribution >= 4 is 35.6 Å². The van der Waals surface area contributed by atoms with Crippen molar-refractivity contribution in [1.82, 2.24) is 9.80 Å². The van der Waals surface area contributed by atoms with Crippen LogP contribution in [0.4, 0.5) is 5.69 Å². The minimum atomic E-state index is 0. The van der Waals surface area contributed by atoms with Crippen molar-refractivity contribution in [3.05, 3.63) is 24.3 Å². The van der Waals surface area contributed by atoms with Gasteiger partial charge in [-0.25, -0.2) is 0 Å². The number of nitrogens with one attached hydrogen (secondary N) is 1. The van der Waals surface area contributed by atoms with Gasteiger partial charge in [0.1, 0.15) is 5.75 Å². The van der Waals surface area contributed by atoms with Crippen molar-refractivity contribution in [2.24, 2.45) is 10.7 Å². The number of methoxy groups -OCH3 is 1. The predicted molar refractivity (Wildman–Crippen MR) is 107 cm³/mol. The van der Waals surface area contributed by atoms with Crippen molar-refractivity contribution in [3.63, 3.8) is 0 Å². The number of aliphatic imine (C=N–C) groups is 1. The molecular weight excluding hydrogens is 405 g/mol. The molecule has 7 heteroatoms. The number of nitrogens with zero attached hydrogens (tertiary/aromatic N) is 3. The van der Waals surface area contributed by atoms with Gasteiger partial charge in [0, 0.05) is 32.7 Å².